The maximum atomic E-state index is 10.8. The first-order valence-electron chi connectivity index (χ1n) is 4.32. The van der Waals surface area contributed by atoms with Crippen LogP contribution in [0.4, 0.5) is 5.69 Å². The predicted octanol–water partition coefficient (Wildman–Crippen LogP) is 0.669. The van der Waals surface area contributed by atoms with Gasteiger partial charge in [0.25, 0.3) is 0 Å². The molecule has 3 nitrogen and oxygen atoms in total. The Labute approximate surface area is 77.1 Å². The number of anilines is 1. The standard InChI is InChI=1S/C10H12N2O/c1-7-4-2-3-5-8(7)12-6-9(12)10(11)13/h2-5,9H,6H2,1H3,(H2,11,13)/t9-,12?/m0/s1. The van der Waals surface area contributed by atoms with Crippen LogP contribution in [0.3, 0.4) is 0 Å². The van der Waals surface area contributed by atoms with Gasteiger partial charge in [-0.2, -0.15) is 0 Å². The highest BCUT2D eigenvalue weighted by Crippen LogP contribution is 2.29. The number of nitrogens with two attached hydrogens (primary N) is 1. The van der Waals surface area contributed by atoms with Gasteiger partial charge in [-0.15, -0.1) is 0 Å². The van der Waals surface area contributed by atoms with E-state index in [1.807, 2.05) is 36.1 Å². The lowest BCUT2D eigenvalue weighted by Crippen LogP contribution is -2.21. The first kappa shape index (κ1) is 8.10. The normalized spacial score (nSPS) is 20.1. The van der Waals surface area contributed by atoms with Crippen molar-refractivity contribution >= 4 is 11.6 Å². The monoisotopic (exact) mass is 176 g/mol. The van der Waals surface area contributed by atoms with Crippen molar-refractivity contribution in [2.45, 2.75) is 13.0 Å². The Bertz CT molecular complexity index is 349. The third kappa shape index (κ3) is 1.37. The number of para-hydroxylation sites is 1. The second kappa shape index (κ2) is 2.76. The number of rotatable bonds is 2. The van der Waals surface area contributed by atoms with Crippen LogP contribution in [-0.2, 0) is 4.79 Å². The Morgan fingerprint density at radius 1 is 1.54 bits per heavy atom. The zero-order valence-electron chi connectivity index (χ0n) is 7.53. The van der Waals surface area contributed by atoms with Gasteiger partial charge >= 0.3 is 0 Å². The molecular formula is C10H12N2O. The summed E-state index contributed by atoms with van der Waals surface area (Å²) in [6.45, 7) is 2.80. The summed E-state index contributed by atoms with van der Waals surface area (Å²) in [6, 6.07) is 7.92. The first-order chi connectivity index (χ1) is 6.20. The van der Waals surface area contributed by atoms with Gasteiger partial charge < -0.3 is 10.6 Å². The predicted molar refractivity (Wildman–Crippen MR) is 51.5 cm³/mol. The van der Waals surface area contributed by atoms with Crippen LogP contribution < -0.4 is 10.6 Å². The maximum absolute atomic E-state index is 10.8. The molecule has 1 aliphatic heterocycles. The molecule has 0 unspecified atom stereocenters. The summed E-state index contributed by atoms with van der Waals surface area (Å²) < 4.78 is 0. The highest BCUT2D eigenvalue weighted by Gasteiger charge is 2.39. The number of hydrogen-bond donors (Lipinski definition) is 1. The van der Waals surface area contributed by atoms with Gasteiger partial charge in [0.1, 0.15) is 6.04 Å². The lowest BCUT2D eigenvalue weighted by Gasteiger charge is -2.06. The number of amides is 1. The van der Waals surface area contributed by atoms with Crippen LogP contribution in [0.1, 0.15) is 5.56 Å². The van der Waals surface area contributed by atoms with Gasteiger partial charge in [-0.3, -0.25) is 4.79 Å². The van der Waals surface area contributed by atoms with Crippen molar-refractivity contribution in [1.29, 1.82) is 0 Å². The number of carbonyl (C=O) groups excluding carboxylic acids is 1. The van der Waals surface area contributed by atoms with Gasteiger partial charge in [-0.1, -0.05) is 18.2 Å². The van der Waals surface area contributed by atoms with Crippen LogP contribution in [0, 0.1) is 6.92 Å². The average molecular weight is 176 g/mol. The topological polar surface area (TPSA) is 46.1 Å². The zero-order valence-corrected chi connectivity index (χ0v) is 7.53. The fraction of sp³-hybridized carbons (Fsp3) is 0.300. The van der Waals surface area contributed by atoms with E-state index in [2.05, 4.69) is 0 Å². The second-order valence-corrected chi connectivity index (χ2v) is 3.36. The molecule has 1 aromatic carbocycles. The Morgan fingerprint density at radius 2 is 2.23 bits per heavy atom. The Morgan fingerprint density at radius 3 is 2.77 bits per heavy atom. The number of carbonyl (C=O) groups is 1. The maximum Gasteiger partial charge on any atom is 0.241 e. The van der Waals surface area contributed by atoms with E-state index in [1.165, 1.54) is 5.56 Å². The fourth-order valence-electron chi connectivity index (χ4n) is 1.53. The molecule has 0 bridgehead atoms. The molecule has 1 aliphatic rings. The number of aryl methyl sites for hydroxylation is 1. The number of nitrogens with zero attached hydrogens (tertiary/aromatic N) is 1. The SMILES string of the molecule is Cc1ccccc1N1C[C@H]1C(N)=O. The minimum Gasteiger partial charge on any atom is -0.368 e. The van der Waals surface area contributed by atoms with E-state index in [9.17, 15) is 4.79 Å². The molecule has 2 rings (SSSR count). The molecule has 68 valence electrons. The molecule has 1 amide bonds. The summed E-state index contributed by atoms with van der Waals surface area (Å²) >= 11 is 0. The molecule has 1 heterocycles. The Hall–Kier alpha value is -1.51. The lowest BCUT2D eigenvalue weighted by molar-refractivity contribution is -0.117. The van der Waals surface area contributed by atoms with Crippen LogP contribution in [-0.4, -0.2) is 18.5 Å². The minimum absolute atomic E-state index is 0.0823. The van der Waals surface area contributed by atoms with Crippen LogP contribution in [0.2, 0.25) is 0 Å². The largest absolute Gasteiger partial charge is 0.368 e. The van der Waals surface area contributed by atoms with Crippen molar-refractivity contribution in [3.8, 4) is 0 Å². The summed E-state index contributed by atoms with van der Waals surface area (Å²) in [4.78, 5) is 12.8. The molecule has 0 aromatic heterocycles. The average Bonchev–Trinajstić information content (AvgIpc) is 2.84. The van der Waals surface area contributed by atoms with Crippen molar-refractivity contribution in [3.63, 3.8) is 0 Å². The van der Waals surface area contributed by atoms with E-state index in [-0.39, 0.29) is 11.9 Å². The molecule has 1 fully saturated rings. The Balaban J connectivity index is 2.21. The molecule has 2 N–H and O–H groups in total. The first-order valence-corrected chi connectivity index (χ1v) is 4.32. The van der Waals surface area contributed by atoms with Crippen LogP contribution in [0.15, 0.2) is 24.3 Å². The van der Waals surface area contributed by atoms with Crippen molar-refractivity contribution in [3.05, 3.63) is 29.8 Å². The lowest BCUT2D eigenvalue weighted by atomic mass is 10.2. The third-order valence-corrected chi connectivity index (χ3v) is 2.37. The summed E-state index contributed by atoms with van der Waals surface area (Å²) in [5.41, 5.74) is 7.50. The van der Waals surface area contributed by atoms with E-state index >= 15 is 0 Å². The summed E-state index contributed by atoms with van der Waals surface area (Å²) in [5.74, 6) is -0.233. The molecule has 3 heteroatoms. The molecule has 0 aliphatic carbocycles. The third-order valence-electron chi connectivity index (χ3n) is 2.37. The van der Waals surface area contributed by atoms with E-state index in [0.717, 1.165) is 12.2 Å². The van der Waals surface area contributed by atoms with E-state index in [1.54, 1.807) is 0 Å². The Kier molecular flexibility index (Phi) is 1.72. The molecule has 13 heavy (non-hydrogen) atoms. The molecule has 1 saturated heterocycles. The van der Waals surface area contributed by atoms with Gasteiger partial charge in [0.2, 0.25) is 5.91 Å². The highest BCUT2D eigenvalue weighted by atomic mass is 16.1. The van der Waals surface area contributed by atoms with Crippen molar-refractivity contribution in [2.75, 3.05) is 11.4 Å². The molecule has 1 aromatic rings. The van der Waals surface area contributed by atoms with Crippen molar-refractivity contribution in [1.82, 2.24) is 0 Å². The highest BCUT2D eigenvalue weighted by molar-refractivity contribution is 5.89. The molecular weight excluding hydrogens is 164 g/mol. The van der Waals surface area contributed by atoms with E-state index in [0.29, 0.717) is 0 Å². The van der Waals surface area contributed by atoms with Gasteiger partial charge in [0, 0.05) is 12.2 Å². The second-order valence-electron chi connectivity index (χ2n) is 3.36. The van der Waals surface area contributed by atoms with Gasteiger partial charge in [-0.25, -0.2) is 0 Å². The number of primary amides is 1. The minimum atomic E-state index is -0.233. The van der Waals surface area contributed by atoms with Crippen LogP contribution >= 0.6 is 0 Å². The number of benzene rings is 1. The molecule has 0 saturated carbocycles. The summed E-state index contributed by atoms with van der Waals surface area (Å²) in [6.07, 6.45) is 0. The summed E-state index contributed by atoms with van der Waals surface area (Å²) in [7, 11) is 0. The number of hydrogen-bond acceptors (Lipinski definition) is 2. The van der Waals surface area contributed by atoms with E-state index in [4.69, 9.17) is 5.73 Å². The molecule has 0 radical (unpaired) electrons. The van der Waals surface area contributed by atoms with Crippen molar-refractivity contribution in [2.24, 2.45) is 5.73 Å². The molecule has 0 spiro atoms. The molecule has 1 atom stereocenters. The van der Waals surface area contributed by atoms with Gasteiger partial charge in [-0.05, 0) is 18.6 Å². The van der Waals surface area contributed by atoms with Crippen LogP contribution in [0.25, 0.3) is 0 Å². The zero-order chi connectivity index (χ0) is 9.42. The van der Waals surface area contributed by atoms with E-state index < -0.39 is 0 Å². The van der Waals surface area contributed by atoms with Gasteiger partial charge in [0.15, 0.2) is 0 Å². The summed E-state index contributed by atoms with van der Waals surface area (Å²) in [5, 5.41) is 0. The van der Waals surface area contributed by atoms with Crippen molar-refractivity contribution < 1.29 is 4.79 Å². The smallest absolute Gasteiger partial charge is 0.241 e. The van der Waals surface area contributed by atoms with Crippen LogP contribution in [0.5, 0.6) is 0 Å². The van der Waals surface area contributed by atoms with Gasteiger partial charge in [0.05, 0.1) is 0 Å². The fourth-order valence-corrected chi connectivity index (χ4v) is 1.53. The quantitative estimate of drug-likeness (QED) is 0.673.